The van der Waals surface area contributed by atoms with Gasteiger partial charge in [-0.2, -0.15) is 0 Å². The van der Waals surface area contributed by atoms with E-state index >= 15 is 0 Å². The fourth-order valence-corrected chi connectivity index (χ4v) is 1.74. The van der Waals surface area contributed by atoms with Crippen LogP contribution in [-0.2, 0) is 0 Å². The van der Waals surface area contributed by atoms with E-state index in [-0.39, 0.29) is 12.0 Å². The summed E-state index contributed by atoms with van der Waals surface area (Å²) < 4.78 is 25.5. The Bertz CT molecular complexity index is 298. The Morgan fingerprint density at radius 1 is 1.08 bits per heavy atom. The van der Waals surface area contributed by atoms with Gasteiger partial charge in [0.2, 0.25) is 0 Å². The molecule has 1 aliphatic rings. The summed E-state index contributed by atoms with van der Waals surface area (Å²) in [5, 5.41) is 0. The Morgan fingerprint density at radius 3 is 2.08 bits per heavy atom. The summed E-state index contributed by atoms with van der Waals surface area (Å²) in [4.78, 5) is 0. The molecule has 0 aliphatic heterocycles. The van der Waals surface area contributed by atoms with Crippen LogP contribution in [0.15, 0.2) is 18.2 Å². The fraction of sp³-hybridized carbons (Fsp3) is 0.400. The first kappa shape index (κ1) is 8.63. The Hall–Kier alpha value is -0.960. The van der Waals surface area contributed by atoms with Crippen molar-refractivity contribution in [3.63, 3.8) is 0 Å². The van der Waals surface area contributed by atoms with Crippen molar-refractivity contribution < 1.29 is 8.78 Å². The molecule has 0 amide bonds. The summed E-state index contributed by atoms with van der Waals surface area (Å²) in [5.74, 6) is -0.758. The summed E-state index contributed by atoms with van der Waals surface area (Å²) in [7, 11) is 0. The van der Waals surface area contributed by atoms with Crippen LogP contribution in [0.1, 0.15) is 24.3 Å². The minimum absolute atomic E-state index is 0.205. The third-order valence-corrected chi connectivity index (χ3v) is 2.53. The summed E-state index contributed by atoms with van der Waals surface area (Å²) in [6, 6.07) is 3.87. The molecule has 1 fully saturated rings. The minimum atomic E-state index is -0.504. The highest BCUT2D eigenvalue weighted by Crippen LogP contribution is 2.35. The van der Waals surface area contributed by atoms with Crippen LogP contribution >= 0.6 is 0 Å². The Balaban J connectivity index is 2.21. The zero-order valence-corrected chi connectivity index (χ0v) is 7.13. The summed E-state index contributed by atoms with van der Waals surface area (Å²) >= 11 is 0. The van der Waals surface area contributed by atoms with Gasteiger partial charge >= 0.3 is 0 Å². The van der Waals surface area contributed by atoms with Gasteiger partial charge in [-0.3, -0.25) is 0 Å². The van der Waals surface area contributed by atoms with Gasteiger partial charge in [0.1, 0.15) is 11.6 Å². The largest absolute Gasteiger partial charge is 0.328 e. The van der Waals surface area contributed by atoms with E-state index < -0.39 is 11.6 Å². The zero-order valence-electron chi connectivity index (χ0n) is 7.13. The number of hydrogen-bond acceptors (Lipinski definition) is 1. The molecule has 1 aromatic carbocycles. The Labute approximate surface area is 75.6 Å². The molecular formula is C10H11F2N. The number of halogens is 2. The molecule has 0 saturated heterocycles. The van der Waals surface area contributed by atoms with Gasteiger partial charge in [-0.05, 0) is 36.5 Å². The summed E-state index contributed by atoms with van der Waals surface area (Å²) in [6.45, 7) is 0. The molecule has 13 heavy (non-hydrogen) atoms. The molecule has 0 unspecified atom stereocenters. The van der Waals surface area contributed by atoms with Crippen molar-refractivity contribution in [1.82, 2.24) is 0 Å². The van der Waals surface area contributed by atoms with E-state index in [1.807, 2.05) is 0 Å². The normalized spacial score (nSPS) is 27.0. The van der Waals surface area contributed by atoms with Crippen LogP contribution in [0.4, 0.5) is 8.78 Å². The van der Waals surface area contributed by atoms with Gasteiger partial charge in [0.15, 0.2) is 0 Å². The number of benzene rings is 1. The predicted octanol–water partition coefficient (Wildman–Crippen LogP) is 2.17. The van der Waals surface area contributed by atoms with Crippen molar-refractivity contribution in [2.24, 2.45) is 5.73 Å². The van der Waals surface area contributed by atoms with Crippen LogP contribution in [0, 0.1) is 11.6 Å². The predicted molar refractivity (Wildman–Crippen MR) is 46.3 cm³/mol. The highest BCUT2D eigenvalue weighted by atomic mass is 19.1. The maximum Gasteiger partial charge on any atom is 0.126 e. The molecule has 0 bridgehead atoms. The third kappa shape index (κ3) is 1.70. The average molecular weight is 183 g/mol. The molecule has 2 rings (SSSR count). The maximum atomic E-state index is 12.8. The smallest absolute Gasteiger partial charge is 0.126 e. The lowest BCUT2D eigenvalue weighted by atomic mass is 9.76. The third-order valence-electron chi connectivity index (χ3n) is 2.53. The average Bonchev–Trinajstić information content (AvgIpc) is 1.96. The van der Waals surface area contributed by atoms with E-state index in [1.165, 1.54) is 12.1 Å². The molecule has 0 radical (unpaired) electrons. The highest BCUT2D eigenvalue weighted by Gasteiger charge is 2.27. The first-order chi connectivity index (χ1) is 6.15. The molecule has 1 saturated carbocycles. The van der Waals surface area contributed by atoms with Gasteiger partial charge in [0.05, 0.1) is 0 Å². The summed E-state index contributed by atoms with van der Waals surface area (Å²) in [6.07, 6.45) is 1.67. The molecular weight excluding hydrogens is 172 g/mol. The lowest BCUT2D eigenvalue weighted by molar-refractivity contribution is 0.349. The lowest BCUT2D eigenvalue weighted by Crippen LogP contribution is -2.34. The monoisotopic (exact) mass is 183 g/mol. The van der Waals surface area contributed by atoms with E-state index in [2.05, 4.69) is 0 Å². The van der Waals surface area contributed by atoms with E-state index in [0.717, 1.165) is 24.5 Å². The number of rotatable bonds is 1. The maximum absolute atomic E-state index is 12.8. The van der Waals surface area contributed by atoms with Crippen LogP contribution in [0.25, 0.3) is 0 Å². The van der Waals surface area contributed by atoms with E-state index in [4.69, 9.17) is 5.73 Å². The first-order valence-corrected chi connectivity index (χ1v) is 4.37. The van der Waals surface area contributed by atoms with Crippen LogP contribution < -0.4 is 5.73 Å². The lowest BCUT2D eigenvalue weighted by Gasteiger charge is -2.32. The van der Waals surface area contributed by atoms with Gasteiger partial charge in [0, 0.05) is 12.1 Å². The van der Waals surface area contributed by atoms with Gasteiger partial charge in [-0.25, -0.2) is 8.78 Å². The first-order valence-electron chi connectivity index (χ1n) is 4.37. The molecule has 70 valence electrons. The van der Waals surface area contributed by atoms with Gasteiger partial charge in [0.25, 0.3) is 0 Å². The van der Waals surface area contributed by atoms with Crippen molar-refractivity contribution in [1.29, 1.82) is 0 Å². The molecule has 1 aliphatic carbocycles. The SMILES string of the molecule is NC1CC(c2cc(F)cc(F)c2)C1. The van der Waals surface area contributed by atoms with Crippen LogP contribution in [0.3, 0.4) is 0 Å². The van der Waals surface area contributed by atoms with Crippen molar-refractivity contribution in [2.75, 3.05) is 0 Å². The molecule has 3 heteroatoms. The molecule has 1 aromatic rings. The van der Waals surface area contributed by atoms with Crippen LogP contribution in [0.2, 0.25) is 0 Å². The quantitative estimate of drug-likeness (QED) is 0.709. The number of hydrogen-bond donors (Lipinski definition) is 1. The minimum Gasteiger partial charge on any atom is -0.328 e. The van der Waals surface area contributed by atoms with Crippen molar-refractivity contribution in [2.45, 2.75) is 24.8 Å². The molecule has 0 heterocycles. The summed E-state index contributed by atoms with van der Waals surface area (Å²) in [5.41, 5.74) is 6.33. The number of nitrogens with two attached hydrogens (primary N) is 1. The molecule has 1 nitrogen and oxygen atoms in total. The van der Waals surface area contributed by atoms with E-state index in [1.54, 1.807) is 0 Å². The van der Waals surface area contributed by atoms with Gasteiger partial charge < -0.3 is 5.73 Å². The topological polar surface area (TPSA) is 26.0 Å². The van der Waals surface area contributed by atoms with Crippen molar-refractivity contribution in [3.8, 4) is 0 Å². The van der Waals surface area contributed by atoms with E-state index in [0.29, 0.717) is 0 Å². The standard InChI is InChI=1S/C10H11F2N/c11-8-1-6(2-9(12)5-8)7-3-10(13)4-7/h1-2,5,7,10H,3-4,13H2. The Morgan fingerprint density at radius 2 is 1.62 bits per heavy atom. The second kappa shape index (κ2) is 3.07. The zero-order chi connectivity index (χ0) is 9.42. The molecule has 2 N–H and O–H groups in total. The molecule has 0 atom stereocenters. The van der Waals surface area contributed by atoms with E-state index in [9.17, 15) is 8.78 Å². The fourth-order valence-electron chi connectivity index (χ4n) is 1.74. The second-order valence-corrected chi connectivity index (χ2v) is 3.63. The van der Waals surface area contributed by atoms with Crippen molar-refractivity contribution >= 4 is 0 Å². The van der Waals surface area contributed by atoms with Gasteiger partial charge in [-0.15, -0.1) is 0 Å². The second-order valence-electron chi connectivity index (χ2n) is 3.63. The van der Waals surface area contributed by atoms with Crippen molar-refractivity contribution in [3.05, 3.63) is 35.4 Å². The van der Waals surface area contributed by atoms with Crippen LogP contribution in [0.5, 0.6) is 0 Å². The highest BCUT2D eigenvalue weighted by molar-refractivity contribution is 5.24. The molecule has 0 spiro atoms. The van der Waals surface area contributed by atoms with Gasteiger partial charge in [-0.1, -0.05) is 0 Å². The van der Waals surface area contributed by atoms with Crippen LogP contribution in [-0.4, -0.2) is 6.04 Å². The Kier molecular flexibility index (Phi) is 2.04. The molecule has 0 aromatic heterocycles.